The normalized spacial score (nSPS) is 22.4. The molecule has 1 heteroatoms. The van der Waals surface area contributed by atoms with Gasteiger partial charge in [-0.1, -0.05) is 39.8 Å². The van der Waals surface area contributed by atoms with E-state index < -0.39 is 0 Å². The van der Waals surface area contributed by atoms with Gasteiger partial charge >= 0.3 is 0 Å². The highest BCUT2D eigenvalue weighted by molar-refractivity contribution is 5.28. The van der Waals surface area contributed by atoms with E-state index in [2.05, 4.69) is 52.0 Å². The first-order valence-corrected chi connectivity index (χ1v) is 7.23. The fraction of sp³-hybridized carbons (Fsp3) is 0.647. The van der Waals surface area contributed by atoms with Crippen LogP contribution in [0.3, 0.4) is 0 Å². The standard InChI is InChI=1S/C17H26O/c1-13(2)12-14-7-9-15(10-8-14)18-16-6-5-11-17(16,3)4/h7-10,13,16H,5-6,11-12H2,1-4H3/t16-/m1/s1. The van der Waals surface area contributed by atoms with Crippen LogP contribution in [0.25, 0.3) is 0 Å². The van der Waals surface area contributed by atoms with Crippen LogP contribution in [0.2, 0.25) is 0 Å². The zero-order valence-corrected chi connectivity index (χ0v) is 12.2. The van der Waals surface area contributed by atoms with Gasteiger partial charge < -0.3 is 4.74 Å². The predicted octanol–water partition coefficient (Wildman–Crippen LogP) is 4.84. The lowest BCUT2D eigenvalue weighted by atomic mass is 9.89. The van der Waals surface area contributed by atoms with E-state index >= 15 is 0 Å². The van der Waals surface area contributed by atoms with Crippen molar-refractivity contribution in [2.24, 2.45) is 11.3 Å². The van der Waals surface area contributed by atoms with Crippen molar-refractivity contribution >= 4 is 0 Å². The summed E-state index contributed by atoms with van der Waals surface area (Å²) in [6, 6.07) is 8.67. The van der Waals surface area contributed by atoms with Gasteiger partial charge in [-0.3, -0.25) is 0 Å². The summed E-state index contributed by atoms with van der Waals surface area (Å²) in [4.78, 5) is 0. The van der Waals surface area contributed by atoms with Crippen LogP contribution in [0.4, 0.5) is 0 Å². The monoisotopic (exact) mass is 246 g/mol. The molecule has 0 aromatic heterocycles. The molecule has 0 saturated heterocycles. The quantitative estimate of drug-likeness (QED) is 0.738. The van der Waals surface area contributed by atoms with Gasteiger partial charge in [-0.25, -0.2) is 0 Å². The largest absolute Gasteiger partial charge is 0.490 e. The molecule has 0 N–H and O–H groups in total. The van der Waals surface area contributed by atoms with Gasteiger partial charge in [-0.05, 0) is 49.3 Å². The zero-order chi connectivity index (χ0) is 13.2. The average molecular weight is 246 g/mol. The van der Waals surface area contributed by atoms with E-state index in [4.69, 9.17) is 4.74 Å². The lowest BCUT2D eigenvalue weighted by molar-refractivity contribution is 0.103. The van der Waals surface area contributed by atoms with Crippen molar-refractivity contribution in [3.8, 4) is 5.75 Å². The molecule has 1 aromatic rings. The smallest absolute Gasteiger partial charge is 0.119 e. The molecule has 1 fully saturated rings. The highest BCUT2D eigenvalue weighted by Gasteiger charge is 2.36. The van der Waals surface area contributed by atoms with Crippen molar-refractivity contribution in [1.29, 1.82) is 0 Å². The second-order valence-corrected chi connectivity index (χ2v) is 6.73. The topological polar surface area (TPSA) is 9.23 Å². The van der Waals surface area contributed by atoms with E-state index in [1.54, 1.807) is 0 Å². The van der Waals surface area contributed by atoms with Gasteiger partial charge in [-0.15, -0.1) is 0 Å². The Balaban J connectivity index is 1.98. The summed E-state index contributed by atoms with van der Waals surface area (Å²) in [7, 11) is 0. The summed E-state index contributed by atoms with van der Waals surface area (Å²) >= 11 is 0. The first-order chi connectivity index (χ1) is 8.47. The Labute approximate surface area is 112 Å². The van der Waals surface area contributed by atoms with Crippen LogP contribution in [0, 0.1) is 11.3 Å². The highest BCUT2D eigenvalue weighted by Crippen LogP contribution is 2.39. The van der Waals surface area contributed by atoms with Crippen molar-refractivity contribution in [3.63, 3.8) is 0 Å². The van der Waals surface area contributed by atoms with Gasteiger partial charge in [0, 0.05) is 5.41 Å². The summed E-state index contributed by atoms with van der Waals surface area (Å²) in [5.41, 5.74) is 1.74. The molecular formula is C17H26O. The molecule has 100 valence electrons. The van der Waals surface area contributed by atoms with Crippen molar-refractivity contribution in [2.75, 3.05) is 0 Å². The Morgan fingerprint density at radius 1 is 1.22 bits per heavy atom. The summed E-state index contributed by atoms with van der Waals surface area (Å²) in [5.74, 6) is 1.74. The third-order valence-corrected chi connectivity index (χ3v) is 4.00. The van der Waals surface area contributed by atoms with Gasteiger partial charge in [0.05, 0.1) is 0 Å². The Morgan fingerprint density at radius 2 is 1.89 bits per heavy atom. The third-order valence-electron chi connectivity index (χ3n) is 4.00. The maximum atomic E-state index is 6.15. The zero-order valence-electron chi connectivity index (χ0n) is 12.2. The molecule has 0 amide bonds. The Bertz CT molecular complexity index is 375. The third kappa shape index (κ3) is 3.28. The van der Waals surface area contributed by atoms with E-state index in [9.17, 15) is 0 Å². The molecule has 18 heavy (non-hydrogen) atoms. The average Bonchev–Trinajstić information content (AvgIpc) is 2.60. The molecule has 0 unspecified atom stereocenters. The molecule has 1 atom stereocenters. The van der Waals surface area contributed by atoms with E-state index in [1.165, 1.54) is 24.8 Å². The van der Waals surface area contributed by atoms with Gasteiger partial charge in [0.15, 0.2) is 0 Å². The van der Waals surface area contributed by atoms with Crippen LogP contribution in [-0.4, -0.2) is 6.10 Å². The summed E-state index contributed by atoms with van der Waals surface area (Å²) in [6.45, 7) is 9.15. The number of hydrogen-bond donors (Lipinski definition) is 0. The van der Waals surface area contributed by atoms with E-state index in [-0.39, 0.29) is 0 Å². The molecular weight excluding hydrogens is 220 g/mol. The molecule has 0 spiro atoms. The number of rotatable bonds is 4. The van der Waals surface area contributed by atoms with Crippen LogP contribution in [0.5, 0.6) is 5.75 Å². The number of ether oxygens (including phenoxy) is 1. The summed E-state index contributed by atoms with van der Waals surface area (Å²) < 4.78 is 6.15. The minimum absolute atomic E-state index is 0.330. The Kier molecular flexibility index (Phi) is 3.99. The van der Waals surface area contributed by atoms with Gasteiger partial charge in [0.25, 0.3) is 0 Å². The minimum Gasteiger partial charge on any atom is -0.490 e. The van der Waals surface area contributed by atoms with Crippen molar-refractivity contribution in [1.82, 2.24) is 0 Å². The lowest BCUT2D eigenvalue weighted by Crippen LogP contribution is -2.28. The van der Waals surface area contributed by atoms with Crippen LogP contribution >= 0.6 is 0 Å². The fourth-order valence-electron chi connectivity index (χ4n) is 2.85. The van der Waals surface area contributed by atoms with Gasteiger partial charge in [-0.2, -0.15) is 0 Å². The molecule has 1 nitrogen and oxygen atoms in total. The van der Waals surface area contributed by atoms with Gasteiger partial charge in [0.2, 0.25) is 0 Å². The number of benzene rings is 1. The summed E-state index contributed by atoms with van der Waals surface area (Å²) in [5, 5.41) is 0. The second-order valence-electron chi connectivity index (χ2n) is 6.73. The molecule has 1 aliphatic carbocycles. The minimum atomic E-state index is 0.330. The van der Waals surface area contributed by atoms with Crippen LogP contribution in [0.15, 0.2) is 24.3 Å². The molecule has 0 aliphatic heterocycles. The molecule has 0 heterocycles. The Hall–Kier alpha value is -0.980. The van der Waals surface area contributed by atoms with E-state index in [0.29, 0.717) is 17.4 Å². The van der Waals surface area contributed by atoms with E-state index in [1.807, 2.05) is 0 Å². The maximum absolute atomic E-state index is 6.15. The summed E-state index contributed by atoms with van der Waals surface area (Å²) in [6.07, 6.45) is 5.30. The number of hydrogen-bond acceptors (Lipinski definition) is 1. The van der Waals surface area contributed by atoms with E-state index in [0.717, 1.165) is 12.2 Å². The second kappa shape index (κ2) is 5.34. The maximum Gasteiger partial charge on any atom is 0.119 e. The SMILES string of the molecule is CC(C)Cc1ccc(O[C@@H]2CCCC2(C)C)cc1. The van der Waals surface area contributed by atoms with Crippen LogP contribution in [-0.2, 0) is 6.42 Å². The van der Waals surface area contributed by atoms with Crippen molar-refractivity contribution in [2.45, 2.75) is 59.5 Å². The van der Waals surface area contributed by atoms with Crippen LogP contribution in [0.1, 0.15) is 52.5 Å². The molecule has 1 aromatic carbocycles. The highest BCUT2D eigenvalue weighted by atomic mass is 16.5. The Morgan fingerprint density at radius 3 is 2.39 bits per heavy atom. The molecule has 0 bridgehead atoms. The predicted molar refractivity (Wildman–Crippen MR) is 77.0 cm³/mol. The molecule has 2 rings (SSSR count). The van der Waals surface area contributed by atoms with Gasteiger partial charge in [0.1, 0.15) is 11.9 Å². The fourth-order valence-corrected chi connectivity index (χ4v) is 2.85. The first-order valence-electron chi connectivity index (χ1n) is 7.23. The van der Waals surface area contributed by atoms with Crippen molar-refractivity contribution < 1.29 is 4.74 Å². The van der Waals surface area contributed by atoms with Crippen LogP contribution < -0.4 is 4.74 Å². The lowest BCUT2D eigenvalue weighted by Gasteiger charge is -2.27. The van der Waals surface area contributed by atoms with Crippen molar-refractivity contribution in [3.05, 3.63) is 29.8 Å². The molecule has 0 radical (unpaired) electrons. The first kappa shape index (κ1) is 13.5. The molecule has 1 aliphatic rings. The molecule has 1 saturated carbocycles.